The quantitative estimate of drug-likeness (QED) is 0.891. The maximum absolute atomic E-state index is 3.62. The third kappa shape index (κ3) is 3.80. The third-order valence-electron chi connectivity index (χ3n) is 3.45. The molecule has 17 heavy (non-hydrogen) atoms. The van der Waals surface area contributed by atoms with Gasteiger partial charge in [0.2, 0.25) is 0 Å². The topological polar surface area (TPSA) is 24.1 Å². The summed E-state index contributed by atoms with van der Waals surface area (Å²) in [6, 6.07) is 9.48. The van der Waals surface area contributed by atoms with Crippen LogP contribution in [0.3, 0.4) is 0 Å². The van der Waals surface area contributed by atoms with Gasteiger partial charge in [-0.25, -0.2) is 0 Å². The Morgan fingerprint density at radius 3 is 2.94 bits per heavy atom. The Morgan fingerprint density at radius 1 is 1.41 bits per heavy atom. The summed E-state index contributed by atoms with van der Waals surface area (Å²) in [7, 11) is 0. The predicted octanol–water partition coefficient (Wildman–Crippen LogP) is 3.24. The van der Waals surface area contributed by atoms with Crippen LogP contribution in [0, 0.1) is 0 Å². The van der Waals surface area contributed by atoms with Crippen molar-refractivity contribution < 1.29 is 0 Å². The van der Waals surface area contributed by atoms with Crippen LogP contribution < -0.4 is 10.6 Å². The normalized spacial score (nSPS) is 22.4. The first-order valence-corrected chi connectivity index (χ1v) is 7.28. The summed E-state index contributed by atoms with van der Waals surface area (Å²) >= 11 is 3.61. The summed E-state index contributed by atoms with van der Waals surface area (Å²) in [5, 5.41) is 7.18. The summed E-state index contributed by atoms with van der Waals surface area (Å²) in [6.07, 6.45) is 3.99. The molecule has 3 heteroatoms. The molecular formula is C14H21BrN2. The van der Waals surface area contributed by atoms with Crippen LogP contribution in [0.4, 0.5) is 0 Å². The minimum absolute atomic E-state index is 0.398. The maximum Gasteiger partial charge on any atom is 0.0303 e. The van der Waals surface area contributed by atoms with Crippen LogP contribution in [0.15, 0.2) is 28.7 Å². The second-order valence-corrected chi connectivity index (χ2v) is 5.65. The zero-order chi connectivity index (χ0) is 12.1. The molecule has 1 fully saturated rings. The van der Waals surface area contributed by atoms with Crippen molar-refractivity contribution in [1.29, 1.82) is 0 Å². The molecule has 94 valence electrons. The minimum atomic E-state index is 0.398. The molecule has 0 aromatic heterocycles. The summed E-state index contributed by atoms with van der Waals surface area (Å²) in [6.45, 7) is 4.46. The third-order valence-corrected chi connectivity index (χ3v) is 4.18. The number of piperidine rings is 1. The molecule has 1 aliphatic rings. The van der Waals surface area contributed by atoms with Gasteiger partial charge in [0.15, 0.2) is 0 Å². The number of hydrogen-bond donors (Lipinski definition) is 2. The van der Waals surface area contributed by atoms with Crippen LogP contribution in [0.1, 0.15) is 37.8 Å². The molecule has 2 rings (SSSR count). The Morgan fingerprint density at radius 2 is 2.24 bits per heavy atom. The van der Waals surface area contributed by atoms with Gasteiger partial charge in [0.1, 0.15) is 0 Å². The van der Waals surface area contributed by atoms with Gasteiger partial charge in [-0.2, -0.15) is 0 Å². The van der Waals surface area contributed by atoms with Gasteiger partial charge < -0.3 is 10.6 Å². The van der Waals surface area contributed by atoms with E-state index in [0.29, 0.717) is 12.1 Å². The highest BCUT2D eigenvalue weighted by atomic mass is 79.9. The van der Waals surface area contributed by atoms with Gasteiger partial charge >= 0.3 is 0 Å². The molecule has 1 aromatic rings. The van der Waals surface area contributed by atoms with Crippen molar-refractivity contribution in [2.45, 2.75) is 38.3 Å². The van der Waals surface area contributed by atoms with Crippen LogP contribution in [-0.2, 0) is 0 Å². The van der Waals surface area contributed by atoms with E-state index in [1.54, 1.807) is 0 Å². The van der Waals surface area contributed by atoms with Crippen molar-refractivity contribution >= 4 is 15.9 Å². The molecule has 2 nitrogen and oxygen atoms in total. The molecule has 0 amide bonds. The smallest absolute Gasteiger partial charge is 0.0303 e. The van der Waals surface area contributed by atoms with Crippen LogP contribution >= 0.6 is 15.9 Å². The van der Waals surface area contributed by atoms with Crippen LogP contribution in [0.25, 0.3) is 0 Å². The molecule has 2 N–H and O–H groups in total. The van der Waals surface area contributed by atoms with Gasteiger partial charge in [-0.15, -0.1) is 0 Å². The van der Waals surface area contributed by atoms with Gasteiger partial charge in [-0.3, -0.25) is 0 Å². The molecule has 0 aliphatic carbocycles. The fourth-order valence-corrected chi connectivity index (χ4v) is 2.98. The SMILES string of the molecule is C[C@H](NCC1CCCCN1)c1ccccc1Br. The van der Waals surface area contributed by atoms with Gasteiger partial charge in [0, 0.05) is 23.1 Å². The first-order valence-electron chi connectivity index (χ1n) is 6.48. The number of rotatable bonds is 4. The number of hydrogen-bond acceptors (Lipinski definition) is 2. The summed E-state index contributed by atoms with van der Waals surface area (Å²) in [5.41, 5.74) is 1.34. The largest absolute Gasteiger partial charge is 0.313 e. The first-order chi connectivity index (χ1) is 8.27. The van der Waals surface area contributed by atoms with E-state index < -0.39 is 0 Å². The molecule has 0 bridgehead atoms. The molecule has 2 atom stereocenters. The monoisotopic (exact) mass is 296 g/mol. The van der Waals surface area contributed by atoms with E-state index >= 15 is 0 Å². The summed E-state index contributed by atoms with van der Waals surface area (Å²) in [4.78, 5) is 0. The van der Waals surface area contributed by atoms with E-state index in [-0.39, 0.29) is 0 Å². The Bertz CT molecular complexity index is 348. The number of benzene rings is 1. The lowest BCUT2D eigenvalue weighted by molar-refractivity contribution is 0.371. The van der Waals surface area contributed by atoms with E-state index in [1.165, 1.54) is 35.8 Å². The number of nitrogens with one attached hydrogen (secondary N) is 2. The van der Waals surface area contributed by atoms with E-state index in [9.17, 15) is 0 Å². The molecule has 0 spiro atoms. The Labute approximate surface area is 112 Å². The van der Waals surface area contributed by atoms with E-state index in [0.717, 1.165) is 6.54 Å². The fraction of sp³-hybridized carbons (Fsp3) is 0.571. The fourth-order valence-electron chi connectivity index (χ4n) is 2.35. The lowest BCUT2D eigenvalue weighted by atomic mass is 10.0. The second-order valence-electron chi connectivity index (χ2n) is 4.80. The zero-order valence-corrected chi connectivity index (χ0v) is 12.0. The molecule has 1 aliphatic heterocycles. The van der Waals surface area contributed by atoms with E-state index in [1.807, 2.05) is 0 Å². The average molecular weight is 297 g/mol. The van der Waals surface area contributed by atoms with Crippen molar-refractivity contribution in [2.24, 2.45) is 0 Å². The molecule has 1 unspecified atom stereocenters. The van der Waals surface area contributed by atoms with Crippen molar-refractivity contribution in [1.82, 2.24) is 10.6 Å². The van der Waals surface area contributed by atoms with Crippen molar-refractivity contribution in [2.75, 3.05) is 13.1 Å². The highest BCUT2D eigenvalue weighted by molar-refractivity contribution is 9.10. The Balaban J connectivity index is 1.84. The molecule has 1 heterocycles. The van der Waals surface area contributed by atoms with E-state index in [4.69, 9.17) is 0 Å². The molecule has 1 saturated heterocycles. The van der Waals surface area contributed by atoms with Crippen molar-refractivity contribution in [3.63, 3.8) is 0 Å². The van der Waals surface area contributed by atoms with Crippen LogP contribution in [-0.4, -0.2) is 19.1 Å². The van der Waals surface area contributed by atoms with Crippen molar-refractivity contribution in [3.8, 4) is 0 Å². The number of halogens is 1. The average Bonchev–Trinajstić information content (AvgIpc) is 2.38. The lowest BCUT2D eigenvalue weighted by Crippen LogP contribution is -2.42. The van der Waals surface area contributed by atoms with Crippen molar-refractivity contribution in [3.05, 3.63) is 34.3 Å². The lowest BCUT2D eigenvalue weighted by Gasteiger charge is -2.26. The Kier molecular flexibility index (Phi) is 5.01. The Hall–Kier alpha value is -0.380. The second kappa shape index (κ2) is 6.53. The summed E-state index contributed by atoms with van der Waals surface area (Å²) < 4.78 is 1.19. The first kappa shape index (κ1) is 13.1. The predicted molar refractivity (Wildman–Crippen MR) is 76.2 cm³/mol. The molecule has 1 aromatic carbocycles. The summed E-state index contributed by atoms with van der Waals surface area (Å²) in [5.74, 6) is 0. The van der Waals surface area contributed by atoms with Gasteiger partial charge in [0.05, 0.1) is 0 Å². The zero-order valence-electron chi connectivity index (χ0n) is 10.4. The van der Waals surface area contributed by atoms with E-state index in [2.05, 4.69) is 57.8 Å². The highest BCUT2D eigenvalue weighted by Gasteiger charge is 2.14. The maximum atomic E-state index is 3.62. The molecule has 0 saturated carbocycles. The van der Waals surface area contributed by atoms with Crippen LogP contribution in [0.5, 0.6) is 0 Å². The van der Waals surface area contributed by atoms with Gasteiger partial charge in [-0.1, -0.05) is 40.5 Å². The standard InChI is InChI=1S/C14H21BrN2/c1-11(13-7-2-3-8-14(13)15)17-10-12-6-4-5-9-16-12/h2-3,7-8,11-12,16-17H,4-6,9-10H2,1H3/t11-,12?/m0/s1. The minimum Gasteiger partial charge on any atom is -0.313 e. The molecular weight excluding hydrogens is 276 g/mol. The highest BCUT2D eigenvalue weighted by Crippen LogP contribution is 2.22. The van der Waals surface area contributed by atoms with Gasteiger partial charge in [-0.05, 0) is 37.9 Å². The van der Waals surface area contributed by atoms with Crippen LogP contribution in [0.2, 0.25) is 0 Å². The molecule has 0 radical (unpaired) electrons. The van der Waals surface area contributed by atoms with Gasteiger partial charge in [0.25, 0.3) is 0 Å².